The van der Waals surface area contributed by atoms with Gasteiger partial charge in [0.25, 0.3) is 5.91 Å². The number of nitrogens with zero attached hydrogens (tertiary/aromatic N) is 4. The number of amides is 3. The lowest BCUT2D eigenvalue weighted by Gasteiger charge is -2.34. The predicted octanol–water partition coefficient (Wildman–Crippen LogP) is 3.53. The number of imide groups is 1. The van der Waals surface area contributed by atoms with E-state index >= 15 is 0 Å². The fraction of sp³-hybridized carbons (Fsp3) is 0.333. The fourth-order valence-electron chi connectivity index (χ4n) is 4.25. The quantitative estimate of drug-likeness (QED) is 0.573. The van der Waals surface area contributed by atoms with Gasteiger partial charge in [-0.25, -0.2) is 4.98 Å². The molecule has 164 valence electrons. The largest absolute Gasteiger partial charge is 0.345 e. The van der Waals surface area contributed by atoms with Crippen LogP contribution in [0.2, 0.25) is 0 Å². The number of thiazole rings is 1. The molecule has 0 spiro atoms. The van der Waals surface area contributed by atoms with Gasteiger partial charge in [-0.3, -0.25) is 19.3 Å². The molecular formula is C24H24N4O3S. The third-order valence-corrected chi connectivity index (χ3v) is 7.42. The lowest BCUT2D eigenvalue weighted by molar-refractivity contribution is -0.121. The van der Waals surface area contributed by atoms with Crippen LogP contribution in [0.3, 0.4) is 0 Å². The van der Waals surface area contributed by atoms with Crippen molar-refractivity contribution in [2.24, 2.45) is 0 Å². The summed E-state index contributed by atoms with van der Waals surface area (Å²) in [6.45, 7) is 6.93. The van der Waals surface area contributed by atoms with Crippen LogP contribution in [0.4, 0.5) is 10.8 Å². The van der Waals surface area contributed by atoms with Gasteiger partial charge in [0, 0.05) is 44.6 Å². The molecule has 8 heteroatoms. The van der Waals surface area contributed by atoms with E-state index in [9.17, 15) is 14.4 Å². The molecule has 0 N–H and O–H groups in total. The number of piperazine rings is 1. The Bertz CT molecular complexity index is 1210. The Labute approximate surface area is 190 Å². The van der Waals surface area contributed by atoms with Crippen molar-refractivity contribution in [1.29, 1.82) is 0 Å². The highest BCUT2D eigenvalue weighted by Crippen LogP contribution is 2.32. The number of hydrogen-bond acceptors (Lipinski definition) is 6. The number of carbonyl (C=O) groups excluding carboxylic acids is 3. The van der Waals surface area contributed by atoms with Gasteiger partial charge in [0.2, 0.25) is 11.8 Å². The second-order valence-corrected chi connectivity index (χ2v) is 9.31. The smallest absolute Gasteiger partial charge is 0.253 e. The number of rotatable bonds is 3. The number of aromatic nitrogens is 1. The van der Waals surface area contributed by atoms with Crippen LogP contribution in [-0.2, 0) is 9.59 Å². The number of hydrogen-bond donors (Lipinski definition) is 0. The molecule has 5 rings (SSSR count). The maximum Gasteiger partial charge on any atom is 0.253 e. The topological polar surface area (TPSA) is 73.8 Å². The molecule has 32 heavy (non-hydrogen) atoms. The monoisotopic (exact) mass is 448 g/mol. The number of anilines is 2. The van der Waals surface area contributed by atoms with Crippen molar-refractivity contribution in [1.82, 2.24) is 9.88 Å². The molecule has 3 aromatic rings. The molecule has 2 aliphatic heterocycles. The minimum atomic E-state index is -0.189. The molecule has 0 unspecified atom stereocenters. The molecule has 2 aliphatic rings. The maximum absolute atomic E-state index is 13.0. The van der Waals surface area contributed by atoms with Gasteiger partial charge < -0.3 is 9.80 Å². The third kappa shape index (κ3) is 3.54. The molecule has 7 nitrogen and oxygen atoms in total. The summed E-state index contributed by atoms with van der Waals surface area (Å²) in [5, 5.41) is 1.00. The minimum Gasteiger partial charge on any atom is -0.345 e. The molecule has 2 saturated heterocycles. The summed E-state index contributed by atoms with van der Waals surface area (Å²) >= 11 is 1.70. The molecule has 2 fully saturated rings. The van der Waals surface area contributed by atoms with E-state index in [0.29, 0.717) is 24.3 Å². The van der Waals surface area contributed by atoms with E-state index in [4.69, 9.17) is 4.98 Å². The van der Waals surface area contributed by atoms with Crippen LogP contribution in [0.25, 0.3) is 10.2 Å². The van der Waals surface area contributed by atoms with E-state index in [0.717, 1.165) is 23.7 Å². The molecule has 3 amide bonds. The van der Waals surface area contributed by atoms with E-state index in [1.807, 2.05) is 4.90 Å². The highest BCUT2D eigenvalue weighted by atomic mass is 32.1. The van der Waals surface area contributed by atoms with Gasteiger partial charge in [0.1, 0.15) is 0 Å². The number of carbonyl (C=O) groups is 3. The zero-order valence-corrected chi connectivity index (χ0v) is 18.9. The zero-order chi connectivity index (χ0) is 22.4. The first-order valence-corrected chi connectivity index (χ1v) is 11.6. The molecule has 0 aliphatic carbocycles. The molecule has 0 atom stereocenters. The van der Waals surface area contributed by atoms with Crippen LogP contribution in [0.1, 0.15) is 34.3 Å². The molecule has 3 heterocycles. The van der Waals surface area contributed by atoms with Crippen molar-refractivity contribution in [2.75, 3.05) is 36.0 Å². The van der Waals surface area contributed by atoms with Gasteiger partial charge in [-0.05, 0) is 55.3 Å². The summed E-state index contributed by atoms with van der Waals surface area (Å²) in [5.41, 5.74) is 4.63. The van der Waals surface area contributed by atoms with Gasteiger partial charge >= 0.3 is 0 Å². The fourth-order valence-corrected chi connectivity index (χ4v) is 5.33. The maximum atomic E-state index is 13.0. The van der Waals surface area contributed by atoms with E-state index in [1.165, 1.54) is 20.7 Å². The van der Waals surface area contributed by atoms with Crippen molar-refractivity contribution in [3.05, 3.63) is 53.1 Å². The second kappa shape index (κ2) is 8.02. The lowest BCUT2D eigenvalue weighted by atomic mass is 10.1. The van der Waals surface area contributed by atoms with E-state index < -0.39 is 0 Å². The number of benzene rings is 2. The van der Waals surface area contributed by atoms with Crippen molar-refractivity contribution in [3.63, 3.8) is 0 Å². The van der Waals surface area contributed by atoms with Crippen molar-refractivity contribution in [3.8, 4) is 0 Å². The van der Waals surface area contributed by atoms with E-state index in [-0.39, 0.29) is 30.6 Å². The Morgan fingerprint density at radius 2 is 1.56 bits per heavy atom. The number of fused-ring (bicyclic) bond motifs is 1. The van der Waals surface area contributed by atoms with E-state index in [2.05, 4.69) is 30.9 Å². The number of aryl methyl sites for hydroxylation is 2. The zero-order valence-electron chi connectivity index (χ0n) is 18.1. The highest BCUT2D eigenvalue weighted by Gasteiger charge is 2.30. The summed E-state index contributed by atoms with van der Waals surface area (Å²) in [4.78, 5) is 47.0. The summed E-state index contributed by atoms with van der Waals surface area (Å²) in [7, 11) is 0. The second-order valence-electron chi connectivity index (χ2n) is 8.30. The first-order valence-electron chi connectivity index (χ1n) is 10.8. The average molecular weight is 449 g/mol. The molecule has 0 saturated carbocycles. The van der Waals surface area contributed by atoms with Crippen LogP contribution in [0.15, 0.2) is 36.4 Å². The summed E-state index contributed by atoms with van der Waals surface area (Å²) in [6.07, 6.45) is 0.495. The third-order valence-electron chi connectivity index (χ3n) is 6.33. The molecular weight excluding hydrogens is 424 g/mol. The highest BCUT2D eigenvalue weighted by molar-refractivity contribution is 7.22. The van der Waals surface area contributed by atoms with Crippen molar-refractivity contribution < 1.29 is 14.4 Å². The molecule has 2 aromatic carbocycles. The molecule has 0 bridgehead atoms. The van der Waals surface area contributed by atoms with Crippen LogP contribution in [0, 0.1) is 13.8 Å². The van der Waals surface area contributed by atoms with Crippen molar-refractivity contribution in [2.45, 2.75) is 26.7 Å². The van der Waals surface area contributed by atoms with E-state index in [1.54, 1.807) is 35.6 Å². The minimum absolute atomic E-state index is 0.0361. The summed E-state index contributed by atoms with van der Waals surface area (Å²) in [5.74, 6) is -0.415. The Morgan fingerprint density at radius 1 is 0.906 bits per heavy atom. The molecule has 0 radical (unpaired) electrons. The Kier molecular flexibility index (Phi) is 5.17. The Balaban J connectivity index is 1.25. The SMILES string of the molecule is Cc1ccc2sc(N3CCN(C(=O)c4ccc(N5C(=O)CCC5=O)cc4)CC3)nc2c1C. The Hall–Kier alpha value is -3.26. The lowest BCUT2D eigenvalue weighted by Crippen LogP contribution is -2.48. The van der Waals surface area contributed by atoms with Crippen LogP contribution in [-0.4, -0.2) is 53.8 Å². The Morgan fingerprint density at radius 3 is 2.22 bits per heavy atom. The molecule has 1 aromatic heterocycles. The van der Waals surface area contributed by atoms with Gasteiger partial charge in [-0.15, -0.1) is 0 Å². The van der Waals surface area contributed by atoms with Gasteiger partial charge in [0.15, 0.2) is 5.13 Å². The standard InChI is InChI=1S/C24H24N4O3S/c1-15-3-8-19-22(16(15)2)25-24(32-19)27-13-11-26(12-14-27)23(31)17-4-6-18(7-5-17)28-20(29)9-10-21(28)30/h3-8H,9-14H2,1-2H3. The van der Waals surface area contributed by atoms with Gasteiger partial charge in [-0.2, -0.15) is 0 Å². The van der Waals surface area contributed by atoms with Gasteiger partial charge in [-0.1, -0.05) is 17.4 Å². The van der Waals surface area contributed by atoms with Crippen molar-refractivity contribution >= 4 is 50.1 Å². The average Bonchev–Trinajstić information content (AvgIpc) is 3.40. The van der Waals surface area contributed by atoms with Crippen LogP contribution < -0.4 is 9.80 Å². The van der Waals surface area contributed by atoms with Crippen LogP contribution in [0.5, 0.6) is 0 Å². The predicted molar refractivity (Wildman–Crippen MR) is 125 cm³/mol. The first kappa shape index (κ1) is 20.6. The normalized spacial score (nSPS) is 17.0. The van der Waals surface area contributed by atoms with Crippen LogP contribution >= 0.6 is 11.3 Å². The first-order chi connectivity index (χ1) is 15.4. The van der Waals surface area contributed by atoms with Gasteiger partial charge in [0.05, 0.1) is 15.9 Å². The summed E-state index contributed by atoms with van der Waals surface area (Å²) in [6, 6.07) is 11.0. The summed E-state index contributed by atoms with van der Waals surface area (Å²) < 4.78 is 1.19.